The number of rotatable bonds is 6. The molecule has 0 saturated carbocycles. The molecule has 0 unspecified atom stereocenters. The van der Waals surface area contributed by atoms with Gasteiger partial charge >= 0.3 is 6.61 Å². The lowest BCUT2D eigenvalue weighted by atomic mass is 9.97. The van der Waals surface area contributed by atoms with Crippen molar-refractivity contribution in [3.8, 4) is 39.5 Å². The van der Waals surface area contributed by atoms with Gasteiger partial charge in [0.15, 0.2) is 0 Å². The first kappa shape index (κ1) is 24.9. The van der Waals surface area contributed by atoms with E-state index in [9.17, 15) is 18.0 Å². The van der Waals surface area contributed by atoms with Gasteiger partial charge in [-0.1, -0.05) is 6.58 Å². The fraction of sp³-hybridized carbons (Fsp3) is 0.185. The number of aromatic nitrogens is 5. The molecule has 1 aliphatic heterocycles. The lowest BCUT2D eigenvalue weighted by molar-refractivity contribution is -0.127. The largest absolute Gasteiger partial charge is 0.434 e. The summed E-state index contributed by atoms with van der Waals surface area (Å²) in [6.07, 6.45) is 4.81. The highest BCUT2D eigenvalue weighted by Gasteiger charge is 2.27. The van der Waals surface area contributed by atoms with Crippen molar-refractivity contribution in [3.05, 3.63) is 72.3 Å². The molecule has 5 heterocycles. The van der Waals surface area contributed by atoms with Gasteiger partial charge in [0.2, 0.25) is 5.91 Å². The first-order valence-corrected chi connectivity index (χ1v) is 12.8. The quantitative estimate of drug-likeness (QED) is 0.261. The summed E-state index contributed by atoms with van der Waals surface area (Å²) in [5, 5.41) is 11.7. The second-order valence-electron chi connectivity index (χ2n) is 8.98. The molecule has 0 spiro atoms. The third kappa shape index (κ3) is 4.46. The van der Waals surface area contributed by atoms with Crippen molar-refractivity contribution in [1.29, 1.82) is 0 Å². The van der Waals surface area contributed by atoms with Gasteiger partial charge < -0.3 is 9.64 Å². The fourth-order valence-corrected chi connectivity index (χ4v) is 5.78. The molecule has 1 aromatic carbocycles. The van der Waals surface area contributed by atoms with Crippen LogP contribution in [-0.4, -0.2) is 48.5 Å². The lowest BCUT2D eigenvalue weighted by Gasteiger charge is -2.26. The number of hydrogen-bond acceptors (Lipinski definition) is 6. The molecule has 0 bridgehead atoms. The smallest absolute Gasteiger partial charge is 0.387 e. The Kier molecular flexibility index (Phi) is 6.18. The van der Waals surface area contributed by atoms with E-state index in [0.29, 0.717) is 42.3 Å². The second kappa shape index (κ2) is 9.70. The SMILES string of the molecule is C=CC(=O)N1CCn2nc(-c3nc(-c4cnn(C)c4)c4ccsc4c3-c3ccc(F)cc3OC(F)F)cc2C1. The van der Waals surface area contributed by atoms with Crippen LogP contribution in [0.3, 0.4) is 0 Å². The van der Waals surface area contributed by atoms with Gasteiger partial charge in [0.1, 0.15) is 23.0 Å². The number of nitrogens with zero attached hydrogens (tertiary/aromatic N) is 6. The Hall–Kier alpha value is -4.45. The Labute approximate surface area is 224 Å². The van der Waals surface area contributed by atoms with Gasteiger partial charge in [-0.05, 0) is 35.7 Å². The number of halogens is 3. The maximum atomic E-state index is 14.2. The van der Waals surface area contributed by atoms with E-state index in [-0.39, 0.29) is 17.2 Å². The van der Waals surface area contributed by atoms with E-state index in [4.69, 9.17) is 14.8 Å². The zero-order chi connectivity index (χ0) is 27.3. The normalized spacial score (nSPS) is 13.2. The molecule has 0 N–H and O–H groups in total. The van der Waals surface area contributed by atoms with Gasteiger partial charge in [0.25, 0.3) is 0 Å². The summed E-state index contributed by atoms with van der Waals surface area (Å²) in [4.78, 5) is 18.9. The number of alkyl halides is 2. The topological polar surface area (TPSA) is 78.1 Å². The molecule has 0 saturated heterocycles. The summed E-state index contributed by atoms with van der Waals surface area (Å²) in [7, 11) is 1.80. The molecule has 1 amide bonds. The van der Waals surface area contributed by atoms with Crippen molar-refractivity contribution >= 4 is 27.3 Å². The molecule has 5 aromatic rings. The molecule has 198 valence electrons. The summed E-state index contributed by atoms with van der Waals surface area (Å²) >= 11 is 1.40. The highest BCUT2D eigenvalue weighted by molar-refractivity contribution is 7.18. The Morgan fingerprint density at radius 2 is 2.05 bits per heavy atom. The van der Waals surface area contributed by atoms with E-state index in [1.165, 1.54) is 29.5 Å². The zero-order valence-corrected chi connectivity index (χ0v) is 21.5. The molecule has 39 heavy (non-hydrogen) atoms. The average molecular weight is 551 g/mol. The van der Waals surface area contributed by atoms with Crippen LogP contribution in [0.2, 0.25) is 0 Å². The van der Waals surface area contributed by atoms with Crippen molar-refractivity contribution < 1.29 is 22.7 Å². The lowest BCUT2D eigenvalue weighted by Crippen LogP contribution is -2.37. The molecule has 0 atom stereocenters. The molecule has 0 aliphatic carbocycles. The fourth-order valence-electron chi connectivity index (χ4n) is 4.82. The van der Waals surface area contributed by atoms with Crippen molar-refractivity contribution in [2.24, 2.45) is 7.05 Å². The highest BCUT2D eigenvalue weighted by Crippen LogP contribution is 2.46. The maximum Gasteiger partial charge on any atom is 0.387 e. The molecule has 4 aromatic heterocycles. The zero-order valence-electron chi connectivity index (χ0n) is 20.6. The maximum absolute atomic E-state index is 14.2. The number of fused-ring (bicyclic) bond motifs is 2. The molecule has 6 rings (SSSR count). The van der Waals surface area contributed by atoms with E-state index in [1.807, 2.05) is 23.7 Å². The van der Waals surface area contributed by atoms with Crippen LogP contribution in [0.15, 0.2) is 60.8 Å². The van der Waals surface area contributed by atoms with E-state index < -0.39 is 12.4 Å². The van der Waals surface area contributed by atoms with E-state index in [1.54, 1.807) is 27.5 Å². The number of pyridine rings is 1. The number of ether oxygens (including phenoxy) is 1. The molecular weight excluding hydrogens is 529 g/mol. The predicted molar refractivity (Wildman–Crippen MR) is 141 cm³/mol. The number of benzene rings is 1. The van der Waals surface area contributed by atoms with Crippen LogP contribution in [0.5, 0.6) is 5.75 Å². The minimum atomic E-state index is -3.15. The van der Waals surface area contributed by atoms with Crippen LogP contribution in [-0.2, 0) is 24.9 Å². The van der Waals surface area contributed by atoms with Gasteiger partial charge in [-0.3, -0.25) is 14.2 Å². The highest BCUT2D eigenvalue weighted by atomic mass is 32.1. The number of thiophene rings is 1. The van der Waals surface area contributed by atoms with E-state index in [2.05, 4.69) is 11.7 Å². The number of amides is 1. The molecular formula is C27H21F3N6O2S. The third-order valence-electron chi connectivity index (χ3n) is 6.54. The Morgan fingerprint density at radius 1 is 1.21 bits per heavy atom. The molecule has 0 fully saturated rings. The third-order valence-corrected chi connectivity index (χ3v) is 7.47. The summed E-state index contributed by atoms with van der Waals surface area (Å²) in [6, 6.07) is 7.28. The minimum Gasteiger partial charge on any atom is -0.434 e. The molecule has 0 radical (unpaired) electrons. The first-order chi connectivity index (χ1) is 18.8. The summed E-state index contributed by atoms with van der Waals surface area (Å²) in [6.45, 7) is 1.69. The second-order valence-corrected chi connectivity index (χ2v) is 9.89. The Morgan fingerprint density at radius 3 is 2.79 bits per heavy atom. The first-order valence-electron chi connectivity index (χ1n) is 12.0. The van der Waals surface area contributed by atoms with Gasteiger partial charge in [-0.2, -0.15) is 19.0 Å². The monoisotopic (exact) mass is 550 g/mol. The van der Waals surface area contributed by atoms with Gasteiger partial charge in [-0.15, -0.1) is 11.3 Å². The minimum absolute atomic E-state index is 0.179. The molecule has 12 heteroatoms. The Balaban J connectivity index is 1.61. The number of aryl methyl sites for hydroxylation is 1. The van der Waals surface area contributed by atoms with Crippen LogP contribution < -0.4 is 4.74 Å². The number of carbonyl (C=O) groups is 1. The summed E-state index contributed by atoms with van der Waals surface area (Å²) < 4.78 is 49.9. The predicted octanol–water partition coefficient (Wildman–Crippen LogP) is 5.50. The number of hydrogen-bond donors (Lipinski definition) is 0. The van der Waals surface area contributed by atoms with Gasteiger partial charge in [0.05, 0.1) is 30.7 Å². The molecule has 1 aliphatic rings. The van der Waals surface area contributed by atoms with Crippen LogP contribution in [0, 0.1) is 5.82 Å². The van der Waals surface area contributed by atoms with E-state index in [0.717, 1.165) is 27.4 Å². The van der Waals surface area contributed by atoms with Crippen molar-refractivity contribution in [1.82, 2.24) is 29.4 Å². The van der Waals surface area contributed by atoms with Gasteiger partial charge in [-0.25, -0.2) is 9.37 Å². The standard InChI is InChI=1S/C27H21F3N6O2S/c1-3-22(37)35-7-8-36-17(14-35)11-20(33-36)25-23(18-5-4-16(28)10-21(18)38-27(29)30)26-19(6-9-39-26)24(32-25)15-12-31-34(2)13-15/h3-6,9-13,27H,1,7-8,14H2,2H3. The summed E-state index contributed by atoms with van der Waals surface area (Å²) in [5.41, 5.74) is 3.86. The number of carbonyl (C=O) groups excluding carboxylic acids is 1. The van der Waals surface area contributed by atoms with Crippen LogP contribution in [0.25, 0.3) is 43.9 Å². The van der Waals surface area contributed by atoms with Crippen molar-refractivity contribution in [3.63, 3.8) is 0 Å². The van der Waals surface area contributed by atoms with Crippen LogP contribution in [0.1, 0.15) is 5.69 Å². The van der Waals surface area contributed by atoms with Crippen LogP contribution >= 0.6 is 11.3 Å². The van der Waals surface area contributed by atoms with Crippen LogP contribution in [0.4, 0.5) is 13.2 Å². The van der Waals surface area contributed by atoms with Crippen molar-refractivity contribution in [2.45, 2.75) is 19.7 Å². The van der Waals surface area contributed by atoms with E-state index >= 15 is 0 Å². The Bertz CT molecular complexity index is 1740. The van der Waals surface area contributed by atoms with Gasteiger partial charge in [0, 0.05) is 52.6 Å². The molecule has 8 nitrogen and oxygen atoms in total. The average Bonchev–Trinajstić information content (AvgIpc) is 3.66. The summed E-state index contributed by atoms with van der Waals surface area (Å²) in [5.74, 6) is -1.19. The van der Waals surface area contributed by atoms with Crippen molar-refractivity contribution in [2.75, 3.05) is 6.54 Å².